The molecule has 0 radical (unpaired) electrons. The summed E-state index contributed by atoms with van der Waals surface area (Å²) >= 11 is 1.80. The average molecular weight is 154 g/mol. The molecular weight excluding hydrogens is 144 g/mol. The smallest absolute Gasteiger partial charge is 0.114 e. The molecule has 2 heterocycles. The average Bonchev–Trinajstić information content (AvgIpc) is 2.35. The molecule has 0 bridgehead atoms. The summed E-state index contributed by atoms with van der Waals surface area (Å²) in [6.07, 6.45) is 1.14. The second-order valence-corrected chi connectivity index (χ2v) is 3.84. The Kier molecular flexibility index (Phi) is 1.20. The third kappa shape index (κ3) is 0.736. The largest absolute Gasteiger partial charge is 0.365 e. The summed E-state index contributed by atoms with van der Waals surface area (Å²) in [4.78, 5) is 6.70. The van der Waals surface area contributed by atoms with Gasteiger partial charge >= 0.3 is 0 Å². The maximum Gasteiger partial charge on any atom is 0.114 e. The fraction of sp³-hybridized carbons (Fsp3) is 0.571. The Bertz CT molecular complexity index is 254. The van der Waals surface area contributed by atoms with Crippen LogP contribution in [0.3, 0.4) is 0 Å². The molecule has 0 N–H and O–H groups in total. The van der Waals surface area contributed by atoms with Crippen molar-refractivity contribution < 1.29 is 0 Å². The molecule has 0 spiro atoms. The first-order chi connectivity index (χ1) is 4.77. The Labute approximate surface area is 64.5 Å². The van der Waals surface area contributed by atoms with E-state index in [1.165, 1.54) is 15.7 Å². The van der Waals surface area contributed by atoms with Crippen molar-refractivity contribution in [1.82, 2.24) is 4.98 Å². The van der Waals surface area contributed by atoms with Gasteiger partial charge in [-0.3, -0.25) is 0 Å². The number of aryl methyl sites for hydroxylation is 1. The lowest BCUT2D eigenvalue weighted by Crippen LogP contribution is -2.11. The molecule has 0 saturated heterocycles. The highest BCUT2D eigenvalue weighted by atomic mass is 32.1. The predicted molar refractivity (Wildman–Crippen MR) is 43.8 cm³/mol. The summed E-state index contributed by atoms with van der Waals surface area (Å²) in [5, 5.41) is 2.56. The molecule has 0 aromatic carbocycles. The molecule has 0 unspecified atom stereocenters. The van der Waals surface area contributed by atoms with Gasteiger partial charge in [0.15, 0.2) is 0 Å². The Balaban J connectivity index is 2.49. The molecule has 54 valence electrons. The summed E-state index contributed by atoms with van der Waals surface area (Å²) < 4.78 is 0. The Hall–Kier alpha value is -0.570. The molecule has 1 aliphatic heterocycles. The van der Waals surface area contributed by atoms with E-state index in [1.807, 2.05) is 0 Å². The van der Waals surface area contributed by atoms with Gasteiger partial charge in [0.05, 0.1) is 10.7 Å². The van der Waals surface area contributed by atoms with Gasteiger partial charge in [-0.1, -0.05) is 0 Å². The van der Waals surface area contributed by atoms with Crippen LogP contribution < -0.4 is 4.90 Å². The minimum Gasteiger partial charge on any atom is -0.365 e. The quantitative estimate of drug-likeness (QED) is 0.562. The van der Waals surface area contributed by atoms with Crippen LogP contribution in [0.15, 0.2) is 0 Å². The second-order valence-electron chi connectivity index (χ2n) is 2.66. The van der Waals surface area contributed by atoms with Crippen LogP contribution in [0.1, 0.15) is 10.7 Å². The monoisotopic (exact) mass is 154 g/mol. The molecule has 1 aliphatic rings. The van der Waals surface area contributed by atoms with Gasteiger partial charge in [-0.15, -0.1) is 11.3 Å². The van der Waals surface area contributed by atoms with Crippen LogP contribution in [-0.2, 0) is 6.42 Å². The summed E-state index contributed by atoms with van der Waals surface area (Å²) in [7, 11) is 2.13. The van der Waals surface area contributed by atoms with Gasteiger partial charge < -0.3 is 4.90 Å². The normalized spacial score (nSPS) is 16.0. The number of fused-ring (bicyclic) bond motifs is 1. The fourth-order valence-corrected chi connectivity index (χ4v) is 2.24. The molecule has 2 nitrogen and oxygen atoms in total. The Morgan fingerprint density at radius 3 is 3.10 bits per heavy atom. The van der Waals surface area contributed by atoms with E-state index in [2.05, 4.69) is 23.9 Å². The first-order valence-electron chi connectivity index (χ1n) is 3.45. The van der Waals surface area contributed by atoms with Gasteiger partial charge in [0.25, 0.3) is 0 Å². The maximum atomic E-state index is 4.42. The van der Waals surface area contributed by atoms with Crippen LogP contribution in [0.2, 0.25) is 0 Å². The summed E-state index contributed by atoms with van der Waals surface area (Å²) in [6, 6.07) is 0. The van der Waals surface area contributed by atoms with E-state index < -0.39 is 0 Å². The number of anilines is 1. The van der Waals surface area contributed by atoms with Gasteiger partial charge in [-0.05, 0) is 6.92 Å². The molecule has 0 atom stereocenters. The van der Waals surface area contributed by atoms with Crippen molar-refractivity contribution in [3.05, 3.63) is 10.7 Å². The molecule has 0 aliphatic carbocycles. The van der Waals surface area contributed by atoms with Crippen LogP contribution >= 0.6 is 11.3 Å². The zero-order valence-corrected chi connectivity index (χ0v) is 7.03. The van der Waals surface area contributed by atoms with Crippen LogP contribution in [0, 0.1) is 6.92 Å². The lowest BCUT2D eigenvalue weighted by Gasteiger charge is -2.06. The van der Waals surface area contributed by atoms with E-state index in [0.29, 0.717) is 0 Å². The van der Waals surface area contributed by atoms with E-state index in [0.717, 1.165) is 13.0 Å². The van der Waals surface area contributed by atoms with E-state index >= 15 is 0 Å². The lowest BCUT2D eigenvalue weighted by atomic mass is 10.4. The lowest BCUT2D eigenvalue weighted by molar-refractivity contribution is 0.940. The minimum absolute atomic E-state index is 1.14. The first kappa shape index (κ1) is 6.16. The molecule has 0 fully saturated rings. The van der Waals surface area contributed by atoms with Gasteiger partial charge in [-0.25, -0.2) is 4.98 Å². The number of thiazole rings is 1. The van der Waals surface area contributed by atoms with Crippen molar-refractivity contribution >= 4 is 16.3 Å². The molecule has 1 aromatic heterocycles. The van der Waals surface area contributed by atoms with Gasteiger partial charge in [0.1, 0.15) is 5.00 Å². The van der Waals surface area contributed by atoms with Crippen LogP contribution in [0.25, 0.3) is 0 Å². The molecular formula is C7H10N2S. The van der Waals surface area contributed by atoms with Gasteiger partial charge in [0, 0.05) is 20.0 Å². The first-order valence-corrected chi connectivity index (χ1v) is 4.26. The molecule has 1 aromatic rings. The number of likely N-dealkylation sites (N-methyl/N-ethyl adjacent to an activating group) is 1. The van der Waals surface area contributed by atoms with Gasteiger partial charge in [0.2, 0.25) is 0 Å². The van der Waals surface area contributed by atoms with Crippen molar-refractivity contribution in [2.24, 2.45) is 0 Å². The maximum absolute atomic E-state index is 4.42. The SMILES string of the molecule is Cc1nc2c(s1)N(C)CC2. The molecule has 10 heavy (non-hydrogen) atoms. The van der Waals surface area contributed by atoms with E-state index in [4.69, 9.17) is 0 Å². The molecule has 0 saturated carbocycles. The van der Waals surface area contributed by atoms with E-state index in [9.17, 15) is 0 Å². The fourth-order valence-electron chi connectivity index (χ4n) is 1.30. The molecule has 3 heteroatoms. The van der Waals surface area contributed by atoms with Crippen molar-refractivity contribution in [3.63, 3.8) is 0 Å². The summed E-state index contributed by atoms with van der Waals surface area (Å²) in [6.45, 7) is 3.21. The van der Waals surface area contributed by atoms with Crippen LogP contribution in [0.4, 0.5) is 5.00 Å². The molecule has 2 rings (SSSR count). The molecule has 0 amide bonds. The number of hydrogen-bond acceptors (Lipinski definition) is 3. The third-order valence-corrected chi connectivity index (χ3v) is 2.94. The summed E-state index contributed by atoms with van der Waals surface area (Å²) in [5.74, 6) is 0. The van der Waals surface area contributed by atoms with Crippen molar-refractivity contribution in [3.8, 4) is 0 Å². The number of aromatic nitrogens is 1. The zero-order valence-electron chi connectivity index (χ0n) is 6.22. The highest BCUT2D eigenvalue weighted by Crippen LogP contribution is 2.32. The van der Waals surface area contributed by atoms with E-state index in [-0.39, 0.29) is 0 Å². The van der Waals surface area contributed by atoms with Gasteiger partial charge in [-0.2, -0.15) is 0 Å². The number of nitrogens with zero attached hydrogens (tertiary/aromatic N) is 2. The highest BCUT2D eigenvalue weighted by molar-refractivity contribution is 7.15. The minimum atomic E-state index is 1.14. The topological polar surface area (TPSA) is 16.1 Å². The van der Waals surface area contributed by atoms with Crippen molar-refractivity contribution in [2.75, 3.05) is 18.5 Å². The second kappa shape index (κ2) is 1.95. The van der Waals surface area contributed by atoms with Crippen LogP contribution in [0.5, 0.6) is 0 Å². The number of rotatable bonds is 0. The highest BCUT2D eigenvalue weighted by Gasteiger charge is 2.19. The third-order valence-electron chi connectivity index (χ3n) is 1.81. The Morgan fingerprint density at radius 1 is 1.60 bits per heavy atom. The zero-order chi connectivity index (χ0) is 7.14. The van der Waals surface area contributed by atoms with Crippen LogP contribution in [-0.4, -0.2) is 18.6 Å². The van der Waals surface area contributed by atoms with Crippen molar-refractivity contribution in [1.29, 1.82) is 0 Å². The predicted octanol–water partition coefficient (Wildman–Crippen LogP) is 1.44. The number of hydrogen-bond donors (Lipinski definition) is 0. The standard InChI is InChI=1S/C7H10N2S/c1-5-8-6-3-4-9(2)7(6)10-5/h3-4H2,1-2H3. The Morgan fingerprint density at radius 2 is 2.40 bits per heavy atom. The van der Waals surface area contributed by atoms with Crippen molar-refractivity contribution in [2.45, 2.75) is 13.3 Å². The van der Waals surface area contributed by atoms with E-state index in [1.54, 1.807) is 11.3 Å². The summed E-state index contributed by atoms with van der Waals surface area (Å²) in [5.41, 5.74) is 1.30.